The summed E-state index contributed by atoms with van der Waals surface area (Å²) < 4.78 is 4.72. The molecule has 116 valence electrons. The van der Waals surface area contributed by atoms with E-state index in [2.05, 4.69) is 36.1 Å². The molecule has 0 aromatic heterocycles. The lowest BCUT2D eigenvalue weighted by atomic mass is 9.90. The first-order valence-corrected chi connectivity index (χ1v) is 7.67. The number of likely N-dealkylation sites (tertiary alicyclic amines) is 1. The standard InChI is InChI=1S/C17H26N2O2/c1-13-4-3-5-14(8-13)10-19-11-15(9-16(18)12-19)6-7-17(20)21-2/h3-5,8,15-16H,6-7,9-12,18H2,1-2H3. The number of nitrogens with zero attached hydrogens (tertiary/aromatic N) is 1. The number of rotatable bonds is 5. The van der Waals surface area contributed by atoms with Crippen LogP contribution in [-0.4, -0.2) is 37.1 Å². The number of nitrogens with two attached hydrogens (primary N) is 1. The van der Waals surface area contributed by atoms with Crippen LogP contribution >= 0.6 is 0 Å². The summed E-state index contributed by atoms with van der Waals surface area (Å²) in [7, 11) is 1.44. The van der Waals surface area contributed by atoms with E-state index in [1.54, 1.807) is 0 Å². The Kier molecular flexibility index (Phi) is 5.76. The molecule has 0 aliphatic carbocycles. The third-order valence-corrected chi connectivity index (χ3v) is 4.12. The minimum atomic E-state index is -0.126. The molecule has 1 fully saturated rings. The predicted molar refractivity (Wildman–Crippen MR) is 83.8 cm³/mol. The molecule has 4 nitrogen and oxygen atoms in total. The lowest BCUT2D eigenvalue weighted by Gasteiger charge is -2.36. The van der Waals surface area contributed by atoms with E-state index in [1.165, 1.54) is 18.2 Å². The first-order valence-electron chi connectivity index (χ1n) is 7.67. The van der Waals surface area contributed by atoms with Gasteiger partial charge in [0.2, 0.25) is 0 Å². The zero-order valence-corrected chi connectivity index (χ0v) is 13.0. The number of benzene rings is 1. The number of hydrogen-bond acceptors (Lipinski definition) is 4. The lowest BCUT2D eigenvalue weighted by molar-refractivity contribution is -0.141. The highest BCUT2D eigenvalue weighted by Crippen LogP contribution is 2.22. The summed E-state index contributed by atoms with van der Waals surface area (Å²) in [5, 5.41) is 0. The van der Waals surface area contributed by atoms with Crippen molar-refractivity contribution in [3.63, 3.8) is 0 Å². The number of carbonyl (C=O) groups excluding carboxylic acids is 1. The zero-order valence-electron chi connectivity index (χ0n) is 13.0. The van der Waals surface area contributed by atoms with Gasteiger partial charge < -0.3 is 10.5 Å². The van der Waals surface area contributed by atoms with Gasteiger partial charge in [-0.25, -0.2) is 0 Å². The molecule has 21 heavy (non-hydrogen) atoms. The van der Waals surface area contributed by atoms with Gasteiger partial charge in [-0.3, -0.25) is 9.69 Å². The molecular formula is C17H26N2O2. The number of carbonyl (C=O) groups is 1. The first kappa shape index (κ1) is 16.0. The van der Waals surface area contributed by atoms with E-state index >= 15 is 0 Å². The van der Waals surface area contributed by atoms with Crippen LogP contribution in [0.4, 0.5) is 0 Å². The van der Waals surface area contributed by atoms with Crippen molar-refractivity contribution in [2.75, 3.05) is 20.2 Å². The monoisotopic (exact) mass is 290 g/mol. The van der Waals surface area contributed by atoms with Crippen LogP contribution in [0.2, 0.25) is 0 Å². The maximum atomic E-state index is 11.3. The Morgan fingerprint density at radius 3 is 2.95 bits per heavy atom. The minimum absolute atomic E-state index is 0.126. The Balaban J connectivity index is 1.89. The summed E-state index contributed by atoms with van der Waals surface area (Å²) in [6.07, 6.45) is 2.36. The largest absolute Gasteiger partial charge is 0.469 e. The number of piperidine rings is 1. The molecular weight excluding hydrogens is 264 g/mol. The highest BCUT2D eigenvalue weighted by molar-refractivity contribution is 5.69. The van der Waals surface area contributed by atoms with E-state index in [9.17, 15) is 4.79 Å². The molecule has 1 aliphatic heterocycles. The Bertz CT molecular complexity index is 476. The van der Waals surface area contributed by atoms with E-state index in [1.807, 2.05) is 0 Å². The lowest BCUT2D eigenvalue weighted by Crippen LogP contribution is -2.46. The van der Waals surface area contributed by atoms with E-state index < -0.39 is 0 Å². The summed E-state index contributed by atoms with van der Waals surface area (Å²) in [5.74, 6) is 0.358. The van der Waals surface area contributed by atoms with Crippen LogP contribution in [0.1, 0.15) is 30.4 Å². The topological polar surface area (TPSA) is 55.6 Å². The van der Waals surface area contributed by atoms with Gasteiger partial charge in [0.25, 0.3) is 0 Å². The van der Waals surface area contributed by atoms with Gasteiger partial charge in [0, 0.05) is 32.1 Å². The van der Waals surface area contributed by atoms with Crippen molar-refractivity contribution in [3.05, 3.63) is 35.4 Å². The molecule has 0 spiro atoms. The average Bonchev–Trinajstić information content (AvgIpc) is 2.44. The molecule has 1 heterocycles. The summed E-state index contributed by atoms with van der Waals surface area (Å²) in [4.78, 5) is 13.7. The quantitative estimate of drug-likeness (QED) is 0.844. The zero-order chi connectivity index (χ0) is 15.2. The number of aryl methyl sites for hydroxylation is 1. The van der Waals surface area contributed by atoms with Gasteiger partial charge >= 0.3 is 5.97 Å². The molecule has 2 unspecified atom stereocenters. The SMILES string of the molecule is COC(=O)CCC1CC(N)CN(Cc2cccc(C)c2)C1. The van der Waals surface area contributed by atoms with Gasteiger partial charge in [0.05, 0.1) is 7.11 Å². The Labute approximate surface area is 127 Å². The third kappa shape index (κ3) is 5.14. The van der Waals surface area contributed by atoms with Crippen molar-refractivity contribution >= 4 is 5.97 Å². The van der Waals surface area contributed by atoms with Gasteiger partial charge in [0.15, 0.2) is 0 Å². The smallest absolute Gasteiger partial charge is 0.305 e. The molecule has 1 aliphatic rings. The molecule has 2 rings (SSSR count). The molecule has 1 aromatic carbocycles. The van der Waals surface area contributed by atoms with Crippen molar-refractivity contribution in [1.29, 1.82) is 0 Å². The maximum Gasteiger partial charge on any atom is 0.305 e. The predicted octanol–water partition coefficient (Wildman–Crippen LogP) is 2.10. The van der Waals surface area contributed by atoms with Gasteiger partial charge in [-0.05, 0) is 31.2 Å². The van der Waals surface area contributed by atoms with Crippen molar-refractivity contribution in [1.82, 2.24) is 4.90 Å². The molecule has 0 amide bonds. The van der Waals surface area contributed by atoms with Crippen LogP contribution in [0.25, 0.3) is 0 Å². The van der Waals surface area contributed by atoms with Crippen LogP contribution in [0.15, 0.2) is 24.3 Å². The van der Waals surface area contributed by atoms with Crippen LogP contribution in [0, 0.1) is 12.8 Å². The molecule has 4 heteroatoms. The van der Waals surface area contributed by atoms with Crippen molar-refractivity contribution in [2.45, 2.75) is 38.8 Å². The minimum Gasteiger partial charge on any atom is -0.469 e. The molecule has 1 aromatic rings. The summed E-state index contributed by atoms with van der Waals surface area (Å²) >= 11 is 0. The second-order valence-electron chi connectivity index (χ2n) is 6.16. The number of ether oxygens (including phenoxy) is 1. The van der Waals surface area contributed by atoms with E-state index in [4.69, 9.17) is 10.5 Å². The summed E-state index contributed by atoms with van der Waals surface area (Å²) in [6.45, 7) is 5.00. The maximum absolute atomic E-state index is 11.3. The van der Waals surface area contributed by atoms with E-state index in [0.29, 0.717) is 12.3 Å². The van der Waals surface area contributed by atoms with Crippen LogP contribution in [0.3, 0.4) is 0 Å². The van der Waals surface area contributed by atoms with Gasteiger partial charge in [-0.2, -0.15) is 0 Å². The van der Waals surface area contributed by atoms with Crippen LogP contribution in [-0.2, 0) is 16.1 Å². The average molecular weight is 290 g/mol. The molecule has 2 atom stereocenters. The fourth-order valence-corrected chi connectivity index (χ4v) is 3.18. The molecule has 1 saturated heterocycles. The second-order valence-corrected chi connectivity index (χ2v) is 6.16. The van der Waals surface area contributed by atoms with Gasteiger partial charge in [0.1, 0.15) is 0 Å². The van der Waals surface area contributed by atoms with Gasteiger partial charge in [-0.15, -0.1) is 0 Å². The third-order valence-electron chi connectivity index (χ3n) is 4.12. The Morgan fingerprint density at radius 1 is 1.43 bits per heavy atom. The van der Waals surface area contributed by atoms with Crippen molar-refractivity contribution < 1.29 is 9.53 Å². The van der Waals surface area contributed by atoms with Crippen LogP contribution in [0.5, 0.6) is 0 Å². The van der Waals surface area contributed by atoms with Crippen molar-refractivity contribution in [2.24, 2.45) is 11.7 Å². The Morgan fingerprint density at radius 2 is 2.24 bits per heavy atom. The first-order chi connectivity index (χ1) is 10.1. The summed E-state index contributed by atoms with van der Waals surface area (Å²) in [6, 6.07) is 8.81. The highest BCUT2D eigenvalue weighted by Gasteiger charge is 2.25. The number of hydrogen-bond donors (Lipinski definition) is 1. The molecule has 0 radical (unpaired) electrons. The van der Waals surface area contributed by atoms with E-state index in [0.717, 1.165) is 32.5 Å². The number of esters is 1. The highest BCUT2D eigenvalue weighted by atomic mass is 16.5. The fourth-order valence-electron chi connectivity index (χ4n) is 3.18. The van der Waals surface area contributed by atoms with Crippen molar-refractivity contribution in [3.8, 4) is 0 Å². The molecule has 0 bridgehead atoms. The molecule has 0 saturated carbocycles. The molecule has 2 N–H and O–H groups in total. The fraction of sp³-hybridized carbons (Fsp3) is 0.588. The normalized spacial score (nSPS) is 23.0. The Hall–Kier alpha value is -1.39. The van der Waals surface area contributed by atoms with E-state index in [-0.39, 0.29) is 12.0 Å². The van der Waals surface area contributed by atoms with Crippen LogP contribution < -0.4 is 5.73 Å². The van der Waals surface area contributed by atoms with Gasteiger partial charge in [-0.1, -0.05) is 29.8 Å². The summed E-state index contributed by atoms with van der Waals surface area (Å²) in [5.41, 5.74) is 8.80. The second kappa shape index (κ2) is 7.57. The number of methoxy groups -OCH3 is 1.